The molecule has 0 unspecified atom stereocenters. The SMILES string of the molecule is COc1ccc2ccccc2c1/C=N/NC(=O)c1ccc(C)cc1. The Kier molecular flexibility index (Phi) is 4.57. The first-order valence-electron chi connectivity index (χ1n) is 7.65. The summed E-state index contributed by atoms with van der Waals surface area (Å²) in [6, 6.07) is 19.2. The first-order chi connectivity index (χ1) is 11.7. The van der Waals surface area contributed by atoms with E-state index in [2.05, 4.69) is 10.5 Å². The van der Waals surface area contributed by atoms with E-state index in [0.717, 1.165) is 21.9 Å². The highest BCUT2D eigenvalue weighted by Gasteiger charge is 2.07. The van der Waals surface area contributed by atoms with Crippen LogP contribution in [0.2, 0.25) is 0 Å². The number of rotatable bonds is 4. The number of hydrazone groups is 1. The minimum atomic E-state index is -0.245. The molecule has 1 amide bonds. The number of benzene rings is 3. The van der Waals surface area contributed by atoms with Crippen molar-refractivity contribution in [1.29, 1.82) is 0 Å². The first-order valence-corrected chi connectivity index (χ1v) is 7.65. The van der Waals surface area contributed by atoms with Gasteiger partial charge in [-0.25, -0.2) is 5.43 Å². The van der Waals surface area contributed by atoms with Crippen molar-refractivity contribution in [1.82, 2.24) is 5.43 Å². The van der Waals surface area contributed by atoms with Crippen LogP contribution in [0.1, 0.15) is 21.5 Å². The van der Waals surface area contributed by atoms with E-state index >= 15 is 0 Å². The van der Waals surface area contributed by atoms with Gasteiger partial charge in [0.1, 0.15) is 5.75 Å². The van der Waals surface area contributed by atoms with Crippen LogP contribution < -0.4 is 10.2 Å². The molecule has 0 bridgehead atoms. The minimum absolute atomic E-state index is 0.245. The van der Waals surface area contributed by atoms with Crippen molar-refractivity contribution in [3.05, 3.63) is 77.4 Å². The smallest absolute Gasteiger partial charge is 0.271 e. The highest BCUT2D eigenvalue weighted by Crippen LogP contribution is 2.26. The molecule has 3 aromatic carbocycles. The molecule has 24 heavy (non-hydrogen) atoms. The van der Waals surface area contributed by atoms with Crippen molar-refractivity contribution in [3.8, 4) is 5.75 Å². The zero-order valence-electron chi connectivity index (χ0n) is 13.6. The Morgan fingerprint density at radius 2 is 1.79 bits per heavy atom. The summed E-state index contributed by atoms with van der Waals surface area (Å²) in [6.07, 6.45) is 1.62. The summed E-state index contributed by atoms with van der Waals surface area (Å²) < 4.78 is 5.40. The van der Waals surface area contributed by atoms with Gasteiger partial charge >= 0.3 is 0 Å². The Balaban J connectivity index is 1.85. The number of methoxy groups -OCH3 is 1. The molecule has 3 aromatic rings. The highest BCUT2D eigenvalue weighted by atomic mass is 16.5. The molecule has 0 saturated heterocycles. The molecule has 0 radical (unpaired) electrons. The van der Waals surface area contributed by atoms with Gasteiger partial charge in [-0.1, -0.05) is 48.0 Å². The third kappa shape index (κ3) is 3.27. The van der Waals surface area contributed by atoms with Crippen LogP contribution in [0.5, 0.6) is 5.75 Å². The van der Waals surface area contributed by atoms with E-state index in [0.29, 0.717) is 11.3 Å². The maximum absolute atomic E-state index is 12.1. The third-order valence-corrected chi connectivity index (χ3v) is 3.82. The zero-order valence-corrected chi connectivity index (χ0v) is 13.6. The van der Waals surface area contributed by atoms with Gasteiger partial charge < -0.3 is 4.74 Å². The highest BCUT2D eigenvalue weighted by molar-refractivity contribution is 6.03. The average Bonchev–Trinajstić information content (AvgIpc) is 2.62. The van der Waals surface area contributed by atoms with Gasteiger partial charge in [-0.15, -0.1) is 0 Å². The van der Waals surface area contributed by atoms with Crippen LogP contribution >= 0.6 is 0 Å². The fourth-order valence-electron chi connectivity index (χ4n) is 2.51. The monoisotopic (exact) mass is 318 g/mol. The van der Waals surface area contributed by atoms with E-state index in [9.17, 15) is 4.79 Å². The molecule has 0 atom stereocenters. The van der Waals surface area contributed by atoms with Crippen molar-refractivity contribution in [2.75, 3.05) is 7.11 Å². The number of carbonyl (C=O) groups excluding carboxylic acids is 1. The zero-order chi connectivity index (χ0) is 16.9. The molecule has 0 spiro atoms. The molecule has 0 aliphatic heterocycles. The molecule has 0 aliphatic carbocycles. The lowest BCUT2D eigenvalue weighted by molar-refractivity contribution is 0.0955. The van der Waals surface area contributed by atoms with Gasteiger partial charge in [0.15, 0.2) is 0 Å². The van der Waals surface area contributed by atoms with Crippen LogP contribution in [-0.4, -0.2) is 19.2 Å². The number of hydrogen-bond donors (Lipinski definition) is 1. The molecule has 3 rings (SSSR count). The minimum Gasteiger partial charge on any atom is -0.496 e. The molecule has 0 heterocycles. The molecule has 1 N–H and O–H groups in total. The Morgan fingerprint density at radius 1 is 1.04 bits per heavy atom. The van der Waals surface area contributed by atoms with Gasteiger partial charge in [-0.2, -0.15) is 5.10 Å². The maximum atomic E-state index is 12.1. The average molecular weight is 318 g/mol. The molecule has 0 fully saturated rings. The molecule has 4 nitrogen and oxygen atoms in total. The van der Waals surface area contributed by atoms with Crippen LogP contribution in [0, 0.1) is 6.92 Å². The van der Waals surface area contributed by atoms with Gasteiger partial charge in [0, 0.05) is 11.1 Å². The first kappa shape index (κ1) is 15.7. The lowest BCUT2D eigenvalue weighted by Crippen LogP contribution is -2.17. The molecular weight excluding hydrogens is 300 g/mol. The van der Waals surface area contributed by atoms with Gasteiger partial charge in [0.25, 0.3) is 5.91 Å². The number of carbonyl (C=O) groups is 1. The van der Waals surface area contributed by atoms with Crippen LogP contribution in [0.25, 0.3) is 10.8 Å². The normalized spacial score (nSPS) is 10.9. The predicted molar refractivity (Wildman–Crippen MR) is 96.7 cm³/mol. The summed E-state index contributed by atoms with van der Waals surface area (Å²) in [5.74, 6) is 0.465. The maximum Gasteiger partial charge on any atom is 0.271 e. The van der Waals surface area contributed by atoms with Crippen LogP contribution in [0.3, 0.4) is 0 Å². The fraction of sp³-hybridized carbons (Fsp3) is 0.100. The Morgan fingerprint density at radius 3 is 2.54 bits per heavy atom. The van der Waals surface area contributed by atoms with Gasteiger partial charge in [-0.05, 0) is 35.9 Å². The molecular formula is C20H18N2O2. The Bertz CT molecular complexity index is 899. The summed E-state index contributed by atoms with van der Waals surface area (Å²) in [5, 5.41) is 6.20. The van der Waals surface area contributed by atoms with E-state index in [1.54, 1.807) is 25.5 Å². The third-order valence-electron chi connectivity index (χ3n) is 3.82. The van der Waals surface area contributed by atoms with Crippen LogP contribution in [0.15, 0.2) is 65.8 Å². The molecule has 120 valence electrons. The molecule has 0 aromatic heterocycles. The molecule has 4 heteroatoms. The van der Waals surface area contributed by atoms with Crippen molar-refractivity contribution >= 4 is 22.9 Å². The largest absolute Gasteiger partial charge is 0.496 e. The summed E-state index contributed by atoms with van der Waals surface area (Å²) >= 11 is 0. The molecule has 0 aliphatic rings. The number of nitrogens with zero attached hydrogens (tertiary/aromatic N) is 1. The summed E-state index contributed by atoms with van der Waals surface area (Å²) in [6.45, 7) is 1.98. The Labute approximate surface area is 140 Å². The van der Waals surface area contributed by atoms with E-state index in [-0.39, 0.29) is 5.91 Å². The van der Waals surface area contributed by atoms with Crippen molar-refractivity contribution in [2.24, 2.45) is 5.10 Å². The summed E-state index contributed by atoms with van der Waals surface area (Å²) in [4.78, 5) is 12.1. The lowest BCUT2D eigenvalue weighted by Gasteiger charge is -2.08. The van der Waals surface area contributed by atoms with Crippen molar-refractivity contribution < 1.29 is 9.53 Å². The van der Waals surface area contributed by atoms with E-state index in [4.69, 9.17) is 4.74 Å². The topological polar surface area (TPSA) is 50.7 Å². The van der Waals surface area contributed by atoms with Gasteiger partial charge in [-0.3, -0.25) is 4.79 Å². The number of fused-ring (bicyclic) bond motifs is 1. The predicted octanol–water partition coefficient (Wildman–Crippen LogP) is 3.92. The number of nitrogens with one attached hydrogen (secondary N) is 1. The number of amides is 1. The van der Waals surface area contributed by atoms with Crippen LogP contribution in [0.4, 0.5) is 0 Å². The Hall–Kier alpha value is -3.14. The van der Waals surface area contributed by atoms with Gasteiger partial charge in [0.05, 0.1) is 13.3 Å². The number of aryl methyl sites for hydroxylation is 1. The standard InChI is InChI=1S/C20H18N2O2/c1-14-7-9-16(10-8-14)20(23)22-21-13-18-17-6-4-3-5-15(17)11-12-19(18)24-2/h3-13H,1-2H3,(H,22,23)/b21-13+. The van der Waals surface area contributed by atoms with E-state index < -0.39 is 0 Å². The molecule has 0 saturated carbocycles. The quantitative estimate of drug-likeness (QED) is 0.585. The summed E-state index contributed by atoms with van der Waals surface area (Å²) in [7, 11) is 1.62. The van der Waals surface area contributed by atoms with Crippen LogP contribution in [-0.2, 0) is 0 Å². The van der Waals surface area contributed by atoms with Crippen molar-refractivity contribution in [3.63, 3.8) is 0 Å². The second-order valence-corrected chi connectivity index (χ2v) is 5.47. The summed E-state index contributed by atoms with van der Waals surface area (Å²) in [5.41, 5.74) is 5.07. The van der Waals surface area contributed by atoms with Crippen molar-refractivity contribution in [2.45, 2.75) is 6.92 Å². The van der Waals surface area contributed by atoms with E-state index in [1.807, 2.05) is 55.5 Å². The lowest BCUT2D eigenvalue weighted by atomic mass is 10.0. The van der Waals surface area contributed by atoms with E-state index in [1.165, 1.54) is 0 Å². The van der Waals surface area contributed by atoms with Gasteiger partial charge in [0.2, 0.25) is 0 Å². The second kappa shape index (κ2) is 6.96. The fourth-order valence-corrected chi connectivity index (χ4v) is 2.51. The number of hydrogen-bond acceptors (Lipinski definition) is 3. The second-order valence-electron chi connectivity index (χ2n) is 5.47. The number of ether oxygens (including phenoxy) is 1.